The molecule has 1 aliphatic carbocycles. The summed E-state index contributed by atoms with van der Waals surface area (Å²) in [6.45, 7) is 4.26. The van der Waals surface area contributed by atoms with Crippen molar-refractivity contribution in [3.63, 3.8) is 0 Å². The summed E-state index contributed by atoms with van der Waals surface area (Å²) in [4.78, 5) is 23.1. The Morgan fingerprint density at radius 1 is 1.21 bits per heavy atom. The number of aromatic nitrogens is 2. The second kappa shape index (κ2) is 7.81. The minimum Gasteiger partial charge on any atom is -0.365 e. The fraction of sp³-hybridized carbons (Fsp3) is 0.722. The van der Waals surface area contributed by atoms with Gasteiger partial charge in [-0.3, -0.25) is 4.79 Å². The van der Waals surface area contributed by atoms with Gasteiger partial charge in [0.25, 0.3) is 5.91 Å². The summed E-state index contributed by atoms with van der Waals surface area (Å²) in [7, 11) is 0. The highest BCUT2D eigenvalue weighted by atomic mass is 16.1. The molecule has 2 fully saturated rings. The highest BCUT2D eigenvalue weighted by molar-refractivity contribution is 5.95. The molecule has 1 aromatic rings. The zero-order chi connectivity index (χ0) is 16.9. The molecule has 2 aliphatic rings. The van der Waals surface area contributed by atoms with E-state index in [1.54, 1.807) is 6.20 Å². The molecule has 3 N–H and O–H groups in total. The van der Waals surface area contributed by atoms with Crippen LogP contribution in [0.2, 0.25) is 0 Å². The maximum atomic E-state index is 11.7. The van der Waals surface area contributed by atoms with Gasteiger partial charge >= 0.3 is 0 Å². The monoisotopic (exact) mass is 331 g/mol. The lowest BCUT2D eigenvalue weighted by Gasteiger charge is -2.32. The van der Waals surface area contributed by atoms with Crippen LogP contribution in [0.1, 0.15) is 68.8 Å². The number of piperidine rings is 1. The smallest absolute Gasteiger partial charge is 0.271 e. The zero-order valence-corrected chi connectivity index (χ0v) is 14.6. The molecule has 1 aromatic heterocycles. The number of carbonyl (C=O) groups is 1. The first-order chi connectivity index (χ1) is 11.6. The first-order valence-electron chi connectivity index (χ1n) is 9.32. The summed E-state index contributed by atoms with van der Waals surface area (Å²) < 4.78 is 0. The van der Waals surface area contributed by atoms with E-state index in [4.69, 9.17) is 10.7 Å². The van der Waals surface area contributed by atoms with Crippen LogP contribution in [0.5, 0.6) is 0 Å². The molecule has 1 unspecified atom stereocenters. The third kappa shape index (κ3) is 4.16. The summed E-state index contributed by atoms with van der Waals surface area (Å²) in [6.07, 6.45) is 11.4. The SMILES string of the molecule is CC1CCCN(c2cnc(C(N)=O)c(NC3CCCCCC3)n2)C1. The molecule has 132 valence electrons. The van der Waals surface area contributed by atoms with Gasteiger partial charge in [-0.15, -0.1) is 0 Å². The molecular formula is C18H29N5O. The molecular weight excluding hydrogens is 302 g/mol. The van der Waals surface area contributed by atoms with Crippen molar-refractivity contribution in [1.29, 1.82) is 0 Å². The average molecular weight is 331 g/mol. The van der Waals surface area contributed by atoms with Gasteiger partial charge in [-0.2, -0.15) is 0 Å². The third-order valence-corrected chi connectivity index (χ3v) is 5.17. The van der Waals surface area contributed by atoms with Crippen molar-refractivity contribution in [1.82, 2.24) is 9.97 Å². The number of nitrogens with two attached hydrogens (primary N) is 1. The normalized spacial score (nSPS) is 22.9. The summed E-state index contributed by atoms with van der Waals surface area (Å²) >= 11 is 0. The molecule has 1 amide bonds. The quantitative estimate of drug-likeness (QED) is 0.829. The van der Waals surface area contributed by atoms with E-state index in [0.29, 0.717) is 17.8 Å². The van der Waals surface area contributed by atoms with E-state index in [-0.39, 0.29) is 5.69 Å². The van der Waals surface area contributed by atoms with Gasteiger partial charge in [0.05, 0.1) is 6.20 Å². The Bertz CT molecular complexity index is 569. The Hall–Kier alpha value is -1.85. The molecule has 0 bridgehead atoms. The lowest BCUT2D eigenvalue weighted by atomic mass is 10.0. The molecule has 0 aromatic carbocycles. The number of nitrogens with zero attached hydrogens (tertiary/aromatic N) is 3. The molecule has 1 saturated carbocycles. The number of rotatable bonds is 4. The van der Waals surface area contributed by atoms with Gasteiger partial charge in [-0.25, -0.2) is 9.97 Å². The molecule has 1 atom stereocenters. The predicted octanol–water partition coefficient (Wildman–Crippen LogP) is 2.95. The number of carbonyl (C=O) groups excluding carboxylic acids is 1. The Labute approximate surface area is 144 Å². The van der Waals surface area contributed by atoms with Crippen LogP contribution in [0, 0.1) is 5.92 Å². The number of nitrogens with one attached hydrogen (secondary N) is 1. The number of amides is 1. The van der Waals surface area contributed by atoms with Crippen molar-refractivity contribution in [2.45, 2.75) is 64.3 Å². The highest BCUT2D eigenvalue weighted by Gasteiger charge is 2.22. The molecule has 0 radical (unpaired) electrons. The van der Waals surface area contributed by atoms with Crippen LogP contribution in [0.4, 0.5) is 11.6 Å². The van der Waals surface area contributed by atoms with Gasteiger partial charge in [0.1, 0.15) is 5.82 Å². The lowest BCUT2D eigenvalue weighted by Crippen LogP contribution is -2.35. The fourth-order valence-corrected chi connectivity index (χ4v) is 3.83. The van der Waals surface area contributed by atoms with Crippen molar-refractivity contribution in [3.8, 4) is 0 Å². The zero-order valence-electron chi connectivity index (χ0n) is 14.6. The summed E-state index contributed by atoms with van der Waals surface area (Å²) in [5.41, 5.74) is 5.76. The number of primary amides is 1. The minimum absolute atomic E-state index is 0.257. The van der Waals surface area contributed by atoms with E-state index < -0.39 is 5.91 Å². The van der Waals surface area contributed by atoms with Crippen LogP contribution in [-0.2, 0) is 0 Å². The van der Waals surface area contributed by atoms with E-state index in [1.165, 1.54) is 38.5 Å². The molecule has 2 heterocycles. The first kappa shape index (κ1) is 17.0. The number of hydrogen-bond donors (Lipinski definition) is 2. The Morgan fingerprint density at radius 3 is 2.62 bits per heavy atom. The third-order valence-electron chi connectivity index (χ3n) is 5.17. The second-order valence-corrected chi connectivity index (χ2v) is 7.32. The molecule has 0 spiro atoms. The van der Waals surface area contributed by atoms with Crippen LogP contribution < -0.4 is 16.0 Å². The van der Waals surface area contributed by atoms with Crippen LogP contribution in [0.25, 0.3) is 0 Å². The summed E-state index contributed by atoms with van der Waals surface area (Å²) in [5, 5.41) is 3.46. The first-order valence-corrected chi connectivity index (χ1v) is 9.32. The van der Waals surface area contributed by atoms with E-state index in [9.17, 15) is 4.79 Å². The van der Waals surface area contributed by atoms with Crippen molar-refractivity contribution >= 4 is 17.5 Å². The molecule has 1 saturated heterocycles. The Kier molecular flexibility index (Phi) is 5.53. The van der Waals surface area contributed by atoms with E-state index >= 15 is 0 Å². The average Bonchev–Trinajstić information content (AvgIpc) is 2.83. The maximum Gasteiger partial charge on any atom is 0.271 e. The molecule has 1 aliphatic heterocycles. The van der Waals surface area contributed by atoms with Crippen LogP contribution in [0.3, 0.4) is 0 Å². The van der Waals surface area contributed by atoms with Gasteiger partial charge in [-0.1, -0.05) is 32.6 Å². The number of hydrogen-bond acceptors (Lipinski definition) is 5. The molecule has 24 heavy (non-hydrogen) atoms. The van der Waals surface area contributed by atoms with Gasteiger partial charge in [0.15, 0.2) is 11.5 Å². The molecule has 3 rings (SSSR count). The Morgan fingerprint density at radius 2 is 1.96 bits per heavy atom. The van der Waals surface area contributed by atoms with Gasteiger partial charge < -0.3 is 16.0 Å². The van der Waals surface area contributed by atoms with E-state index in [2.05, 4.69) is 22.1 Å². The minimum atomic E-state index is -0.516. The predicted molar refractivity (Wildman–Crippen MR) is 96.3 cm³/mol. The van der Waals surface area contributed by atoms with Gasteiger partial charge in [-0.05, 0) is 31.6 Å². The van der Waals surface area contributed by atoms with Crippen LogP contribution in [0.15, 0.2) is 6.20 Å². The summed E-state index contributed by atoms with van der Waals surface area (Å²) in [5.74, 6) is 1.56. The topological polar surface area (TPSA) is 84.1 Å². The van der Waals surface area contributed by atoms with Gasteiger partial charge in [0, 0.05) is 19.1 Å². The van der Waals surface area contributed by atoms with Crippen molar-refractivity contribution in [3.05, 3.63) is 11.9 Å². The highest BCUT2D eigenvalue weighted by Crippen LogP contribution is 2.25. The van der Waals surface area contributed by atoms with Crippen molar-refractivity contribution < 1.29 is 4.79 Å². The molecule has 6 heteroatoms. The Balaban J connectivity index is 1.81. The second-order valence-electron chi connectivity index (χ2n) is 7.32. The van der Waals surface area contributed by atoms with Crippen molar-refractivity contribution in [2.75, 3.05) is 23.3 Å². The maximum absolute atomic E-state index is 11.7. The fourth-order valence-electron chi connectivity index (χ4n) is 3.83. The number of anilines is 2. The van der Waals surface area contributed by atoms with E-state index in [0.717, 1.165) is 31.7 Å². The van der Waals surface area contributed by atoms with E-state index in [1.807, 2.05) is 0 Å². The largest absolute Gasteiger partial charge is 0.365 e. The molecule has 6 nitrogen and oxygen atoms in total. The van der Waals surface area contributed by atoms with Crippen LogP contribution >= 0.6 is 0 Å². The lowest BCUT2D eigenvalue weighted by molar-refractivity contribution is 0.0996. The standard InChI is InChI=1S/C18H29N5O/c1-13-7-6-10-23(12-13)15-11-20-16(17(19)24)18(22-15)21-14-8-4-2-3-5-9-14/h11,13-14H,2-10,12H2,1H3,(H2,19,24)(H,21,22). The summed E-state index contributed by atoms with van der Waals surface area (Å²) in [6, 6.07) is 0.357. The van der Waals surface area contributed by atoms with Crippen molar-refractivity contribution in [2.24, 2.45) is 11.7 Å². The van der Waals surface area contributed by atoms with Crippen LogP contribution in [-0.4, -0.2) is 35.0 Å². The van der Waals surface area contributed by atoms with Gasteiger partial charge in [0.2, 0.25) is 0 Å².